The maximum absolute atomic E-state index is 6.38. The van der Waals surface area contributed by atoms with Crippen molar-refractivity contribution in [3.8, 4) is 0 Å². The average molecular weight is 275 g/mol. The summed E-state index contributed by atoms with van der Waals surface area (Å²) in [5, 5.41) is 5.42. The maximum atomic E-state index is 6.38. The largest absolute Gasteiger partial charge is 0.384 e. The third kappa shape index (κ3) is 2.55. The van der Waals surface area contributed by atoms with Gasteiger partial charge in [-0.25, -0.2) is 0 Å². The number of nitrogens with zero attached hydrogens (tertiary/aromatic N) is 1. The van der Waals surface area contributed by atoms with Crippen LogP contribution in [0.4, 0.5) is 5.69 Å². The fraction of sp³-hybridized carbons (Fsp3) is 0.438. The molecule has 0 amide bonds. The molecule has 0 unspecified atom stereocenters. The lowest BCUT2D eigenvalue weighted by molar-refractivity contribution is 0.976. The van der Waals surface area contributed by atoms with E-state index < -0.39 is 0 Å². The molecule has 0 atom stereocenters. The summed E-state index contributed by atoms with van der Waals surface area (Å²) in [6, 6.07) is 6.38. The fourth-order valence-corrected chi connectivity index (χ4v) is 2.75. The van der Waals surface area contributed by atoms with Gasteiger partial charge in [-0.1, -0.05) is 18.5 Å². The summed E-state index contributed by atoms with van der Waals surface area (Å²) in [6.07, 6.45) is 3.63. The Morgan fingerprint density at radius 2 is 2.11 bits per heavy atom. The summed E-state index contributed by atoms with van der Waals surface area (Å²) >= 11 is 6.38. The van der Waals surface area contributed by atoms with Crippen molar-refractivity contribution >= 4 is 28.2 Å². The number of rotatable bonds is 4. The molecular weight excluding hydrogens is 256 g/mol. The molecule has 0 aliphatic heterocycles. The summed E-state index contributed by atoms with van der Waals surface area (Å²) in [4.78, 5) is 4.77. The van der Waals surface area contributed by atoms with E-state index in [1.165, 1.54) is 29.8 Å². The van der Waals surface area contributed by atoms with Crippen LogP contribution in [0.3, 0.4) is 0 Å². The zero-order valence-electron chi connectivity index (χ0n) is 11.5. The highest BCUT2D eigenvalue weighted by Crippen LogP contribution is 2.42. The lowest BCUT2D eigenvalue weighted by Crippen LogP contribution is -2.02. The molecule has 2 nitrogen and oxygen atoms in total. The van der Waals surface area contributed by atoms with Gasteiger partial charge in [-0.05, 0) is 49.9 Å². The summed E-state index contributed by atoms with van der Waals surface area (Å²) in [5.41, 5.74) is 4.49. The van der Waals surface area contributed by atoms with E-state index >= 15 is 0 Å². The third-order valence-electron chi connectivity index (χ3n) is 3.59. The molecule has 1 heterocycles. The van der Waals surface area contributed by atoms with E-state index in [9.17, 15) is 0 Å². The number of pyridine rings is 1. The van der Waals surface area contributed by atoms with Crippen LogP contribution in [0.25, 0.3) is 10.9 Å². The molecule has 1 aromatic heterocycles. The number of hydrogen-bond donors (Lipinski definition) is 1. The van der Waals surface area contributed by atoms with Crippen molar-refractivity contribution < 1.29 is 0 Å². The van der Waals surface area contributed by atoms with E-state index in [0.717, 1.165) is 28.9 Å². The second-order valence-electron chi connectivity index (χ2n) is 5.44. The van der Waals surface area contributed by atoms with Crippen LogP contribution >= 0.6 is 11.6 Å². The minimum atomic E-state index is 0.643. The second kappa shape index (κ2) is 5.01. The van der Waals surface area contributed by atoms with E-state index in [0.29, 0.717) is 5.92 Å². The Balaban J connectivity index is 2.17. The molecule has 0 radical (unpaired) electrons. The zero-order valence-corrected chi connectivity index (χ0v) is 12.2. The zero-order chi connectivity index (χ0) is 13.4. The molecule has 0 bridgehead atoms. The van der Waals surface area contributed by atoms with Crippen LogP contribution in [-0.2, 0) is 0 Å². The Bertz CT molecular complexity index is 618. The van der Waals surface area contributed by atoms with Gasteiger partial charge in [-0.3, -0.25) is 4.98 Å². The van der Waals surface area contributed by atoms with Crippen molar-refractivity contribution in [2.24, 2.45) is 0 Å². The van der Waals surface area contributed by atoms with Crippen LogP contribution in [0, 0.1) is 6.92 Å². The average Bonchev–Trinajstić information content (AvgIpc) is 3.20. The Morgan fingerprint density at radius 1 is 1.32 bits per heavy atom. The molecule has 1 N–H and O–H groups in total. The van der Waals surface area contributed by atoms with E-state index in [1.54, 1.807) is 0 Å². The molecule has 1 aliphatic carbocycles. The SMILES string of the molecule is CCCNc1cc(C2CC2)nc2c(Cl)cc(C)cc12. The number of benzene rings is 1. The Morgan fingerprint density at radius 3 is 2.79 bits per heavy atom. The minimum Gasteiger partial charge on any atom is -0.384 e. The lowest BCUT2D eigenvalue weighted by Gasteiger charge is -2.13. The molecule has 100 valence electrons. The van der Waals surface area contributed by atoms with E-state index in [-0.39, 0.29) is 0 Å². The first-order valence-corrected chi connectivity index (χ1v) is 7.41. The lowest BCUT2D eigenvalue weighted by atomic mass is 10.1. The summed E-state index contributed by atoms with van der Waals surface area (Å²) in [5.74, 6) is 0.643. The van der Waals surface area contributed by atoms with Crippen LogP contribution in [0.2, 0.25) is 5.02 Å². The van der Waals surface area contributed by atoms with Gasteiger partial charge < -0.3 is 5.32 Å². The van der Waals surface area contributed by atoms with E-state index in [4.69, 9.17) is 16.6 Å². The van der Waals surface area contributed by atoms with Gasteiger partial charge in [0.05, 0.1) is 10.5 Å². The maximum Gasteiger partial charge on any atom is 0.0912 e. The molecule has 2 aromatic rings. The van der Waals surface area contributed by atoms with Crippen LogP contribution < -0.4 is 5.32 Å². The van der Waals surface area contributed by atoms with Crippen LogP contribution in [0.5, 0.6) is 0 Å². The predicted octanol–water partition coefficient (Wildman–Crippen LogP) is 4.90. The molecule has 0 spiro atoms. The van der Waals surface area contributed by atoms with Gasteiger partial charge in [0.25, 0.3) is 0 Å². The first-order chi connectivity index (χ1) is 9.19. The first kappa shape index (κ1) is 12.7. The fourth-order valence-electron chi connectivity index (χ4n) is 2.43. The molecule has 3 heteroatoms. The Labute approximate surface area is 119 Å². The summed E-state index contributed by atoms with van der Waals surface area (Å²) < 4.78 is 0. The molecule has 1 aromatic carbocycles. The van der Waals surface area contributed by atoms with Gasteiger partial charge in [0.2, 0.25) is 0 Å². The molecular formula is C16H19ClN2. The predicted molar refractivity (Wildman–Crippen MR) is 82.2 cm³/mol. The van der Waals surface area contributed by atoms with Crippen molar-refractivity contribution in [1.29, 1.82) is 0 Å². The standard InChI is InChI=1S/C16H19ClN2/c1-3-6-18-15-9-14(11-4-5-11)19-16-12(15)7-10(2)8-13(16)17/h7-9,11H,3-6H2,1-2H3,(H,18,19). The minimum absolute atomic E-state index is 0.643. The van der Waals surface area contributed by atoms with Gasteiger partial charge in [-0.2, -0.15) is 0 Å². The van der Waals surface area contributed by atoms with Crippen molar-refractivity contribution in [2.45, 2.75) is 39.0 Å². The number of hydrogen-bond acceptors (Lipinski definition) is 2. The topological polar surface area (TPSA) is 24.9 Å². The first-order valence-electron chi connectivity index (χ1n) is 7.03. The monoisotopic (exact) mass is 274 g/mol. The summed E-state index contributed by atoms with van der Waals surface area (Å²) in [6.45, 7) is 5.23. The highest BCUT2D eigenvalue weighted by molar-refractivity contribution is 6.35. The molecule has 1 fully saturated rings. The molecule has 1 aliphatic rings. The van der Waals surface area contributed by atoms with Crippen LogP contribution in [-0.4, -0.2) is 11.5 Å². The van der Waals surface area contributed by atoms with Crippen molar-refractivity contribution in [1.82, 2.24) is 4.98 Å². The normalized spacial score (nSPS) is 14.9. The van der Waals surface area contributed by atoms with Crippen LogP contribution in [0.1, 0.15) is 43.4 Å². The Hall–Kier alpha value is -1.28. The Kier molecular flexibility index (Phi) is 3.36. The number of anilines is 1. The number of halogens is 1. The number of nitrogens with one attached hydrogen (secondary N) is 1. The molecule has 19 heavy (non-hydrogen) atoms. The quantitative estimate of drug-likeness (QED) is 0.858. The molecule has 3 rings (SSSR count). The van der Waals surface area contributed by atoms with Crippen molar-refractivity contribution in [2.75, 3.05) is 11.9 Å². The number of aryl methyl sites for hydroxylation is 1. The highest BCUT2D eigenvalue weighted by atomic mass is 35.5. The summed E-state index contributed by atoms with van der Waals surface area (Å²) in [7, 11) is 0. The van der Waals surface area contributed by atoms with Gasteiger partial charge in [0, 0.05) is 29.2 Å². The van der Waals surface area contributed by atoms with Gasteiger partial charge >= 0.3 is 0 Å². The number of aromatic nitrogens is 1. The molecule has 0 saturated heterocycles. The smallest absolute Gasteiger partial charge is 0.0912 e. The van der Waals surface area contributed by atoms with E-state index in [2.05, 4.69) is 31.3 Å². The van der Waals surface area contributed by atoms with Gasteiger partial charge in [0.1, 0.15) is 0 Å². The second-order valence-corrected chi connectivity index (χ2v) is 5.85. The van der Waals surface area contributed by atoms with E-state index in [1.807, 2.05) is 6.07 Å². The molecule has 1 saturated carbocycles. The van der Waals surface area contributed by atoms with Crippen molar-refractivity contribution in [3.63, 3.8) is 0 Å². The van der Waals surface area contributed by atoms with Gasteiger partial charge in [-0.15, -0.1) is 0 Å². The number of fused-ring (bicyclic) bond motifs is 1. The van der Waals surface area contributed by atoms with Crippen molar-refractivity contribution in [3.05, 3.63) is 34.5 Å². The highest BCUT2D eigenvalue weighted by Gasteiger charge is 2.26. The van der Waals surface area contributed by atoms with Gasteiger partial charge in [0.15, 0.2) is 0 Å². The third-order valence-corrected chi connectivity index (χ3v) is 3.88. The van der Waals surface area contributed by atoms with Crippen LogP contribution in [0.15, 0.2) is 18.2 Å².